The minimum Gasteiger partial charge on any atom is -0.492 e. The fraction of sp³-hybridized carbons (Fsp3) is 0.368. The second kappa shape index (κ2) is 9.55. The molecular weight excluding hydrogens is 390 g/mol. The van der Waals surface area contributed by atoms with E-state index in [2.05, 4.69) is 10.1 Å². The Balaban J connectivity index is 2.39. The van der Waals surface area contributed by atoms with Crippen LogP contribution >= 0.6 is 0 Å². The summed E-state index contributed by atoms with van der Waals surface area (Å²) >= 11 is 0. The summed E-state index contributed by atoms with van der Waals surface area (Å²) in [4.78, 5) is 3.79. The quantitative estimate of drug-likeness (QED) is 0.216. The monoisotopic (exact) mass is 413 g/mol. The highest BCUT2D eigenvalue weighted by atomic mass is 19.3. The largest absolute Gasteiger partial charge is 0.492 e. The van der Waals surface area contributed by atoms with Gasteiger partial charge >= 0.3 is 0 Å². The van der Waals surface area contributed by atoms with Crippen LogP contribution < -0.4 is 16.4 Å². The molecular formula is C19H23F4N5O. The molecule has 1 aromatic heterocycles. The lowest BCUT2D eigenvalue weighted by Gasteiger charge is -2.29. The Kier molecular flexibility index (Phi) is 7.38. The first-order chi connectivity index (χ1) is 13.6. The Labute approximate surface area is 166 Å². The van der Waals surface area contributed by atoms with Crippen LogP contribution in [0.2, 0.25) is 0 Å². The number of nitrogens with two attached hydrogens (primary N) is 2. The number of halogens is 4. The van der Waals surface area contributed by atoms with Gasteiger partial charge in [0.25, 0.3) is 5.92 Å². The standard InChI is InChI=1S/C19H23F4N5O/c1-12(2)10-29-14-4-6-18(26-8-14)19(22,23)16(9-28(25)11-27-24)15-5-3-13(20)7-17(15)21/h3-8,11-12,16H,9-10,24-25H2,1-2H3/b27-11-. The van der Waals surface area contributed by atoms with Crippen molar-refractivity contribution in [2.45, 2.75) is 25.7 Å². The summed E-state index contributed by atoms with van der Waals surface area (Å²) in [5.41, 5.74) is -1.03. The molecule has 0 saturated heterocycles. The number of hydrazine groups is 1. The number of pyridine rings is 1. The molecule has 6 nitrogen and oxygen atoms in total. The summed E-state index contributed by atoms with van der Waals surface area (Å²) in [5, 5.41) is 3.96. The van der Waals surface area contributed by atoms with Gasteiger partial charge in [-0.25, -0.2) is 14.6 Å². The van der Waals surface area contributed by atoms with Crippen molar-refractivity contribution in [2.24, 2.45) is 22.7 Å². The molecule has 1 heterocycles. The molecule has 0 aliphatic carbocycles. The molecule has 158 valence electrons. The maximum atomic E-state index is 15.3. The van der Waals surface area contributed by atoms with Gasteiger partial charge in [0, 0.05) is 12.6 Å². The van der Waals surface area contributed by atoms with Gasteiger partial charge in [0.2, 0.25) is 0 Å². The average molecular weight is 413 g/mol. The van der Waals surface area contributed by atoms with E-state index in [0.29, 0.717) is 18.4 Å². The molecule has 1 atom stereocenters. The van der Waals surface area contributed by atoms with E-state index in [0.717, 1.165) is 29.5 Å². The lowest BCUT2D eigenvalue weighted by atomic mass is 9.89. The molecule has 2 rings (SSSR count). The predicted molar refractivity (Wildman–Crippen MR) is 101 cm³/mol. The predicted octanol–water partition coefficient (Wildman–Crippen LogP) is 3.35. The average Bonchev–Trinajstić information content (AvgIpc) is 2.65. The molecule has 0 spiro atoms. The summed E-state index contributed by atoms with van der Waals surface area (Å²) in [5.74, 6) is 3.74. The van der Waals surface area contributed by atoms with Crippen molar-refractivity contribution in [3.05, 3.63) is 59.4 Å². The van der Waals surface area contributed by atoms with Crippen LogP contribution in [0.5, 0.6) is 5.75 Å². The Morgan fingerprint density at radius 3 is 2.52 bits per heavy atom. The van der Waals surface area contributed by atoms with Crippen LogP contribution in [0, 0.1) is 17.6 Å². The molecule has 1 aromatic carbocycles. The number of hydrogen-bond acceptors (Lipinski definition) is 5. The number of rotatable bonds is 9. The molecule has 10 heteroatoms. The molecule has 0 aliphatic rings. The van der Waals surface area contributed by atoms with Gasteiger partial charge in [0.15, 0.2) is 0 Å². The van der Waals surface area contributed by atoms with E-state index < -0.39 is 41.3 Å². The lowest BCUT2D eigenvalue weighted by Crippen LogP contribution is -2.40. The second-order valence-electron chi connectivity index (χ2n) is 6.89. The van der Waals surface area contributed by atoms with E-state index in [4.69, 9.17) is 16.4 Å². The SMILES string of the molecule is CC(C)COc1ccc(C(F)(F)C(CN(N)/C=N\N)c2ccc(F)cc2F)nc1. The minimum absolute atomic E-state index is 0.252. The van der Waals surface area contributed by atoms with E-state index in [9.17, 15) is 8.78 Å². The Morgan fingerprint density at radius 1 is 1.24 bits per heavy atom. The zero-order valence-corrected chi connectivity index (χ0v) is 16.0. The number of hydrazone groups is 1. The third-order valence-electron chi connectivity index (χ3n) is 4.05. The van der Waals surface area contributed by atoms with Gasteiger partial charge in [0.1, 0.15) is 29.4 Å². The van der Waals surface area contributed by atoms with Crippen molar-refractivity contribution in [3.63, 3.8) is 0 Å². The van der Waals surface area contributed by atoms with Crippen LogP contribution in [0.1, 0.15) is 31.0 Å². The minimum atomic E-state index is -3.64. The van der Waals surface area contributed by atoms with Crippen molar-refractivity contribution in [1.82, 2.24) is 9.99 Å². The summed E-state index contributed by atoms with van der Waals surface area (Å²) in [6.45, 7) is 3.74. The molecule has 0 radical (unpaired) electrons. The Bertz CT molecular complexity index is 830. The first-order valence-electron chi connectivity index (χ1n) is 8.82. The highest BCUT2D eigenvalue weighted by molar-refractivity contribution is 5.53. The van der Waals surface area contributed by atoms with Gasteiger partial charge in [-0.15, -0.1) is 0 Å². The molecule has 0 aliphatic heterocycles. The molecule has 0 fully saturated rings. The lowest BCUT2D eigenvalue weighted by molar-refractivity contribution is -0.0443. The number of benzene rings is 1. The molecule has 29 heavy (non-hydrogen) atoms. The summed E-state index contributed by atoms with van der Waals surface area (Å²) in [6, 6.07) is 4.85. The van der Waals surface area contributed by atoms with Gasteiger partial charge in [-0.3, -0.25) is 9.99 Å². The van der Waals surface area contributed by atoms with Gasteiger partial charge < -0.3 is 10.6 Å². The van der Waals surface area contributed by atoms with Crippen LogP contribution in [0.4, 0.5) is 17.6 Å². The summed E-state index contributed by atoms with van der Waals surface area (Å²) in [7, 11) is 0. The number of aromatic nitrogens is 1. The van der Waals surface area contributed by atoms with E-state index in [-0.39, 0.29) is 5.92 Å². The third kappa shape index (κ3) is 5.80. The number of nitrogens with zero attached hydrogens (tertiary/aromatic N) is 3. The van der Waals surface area contributed by atoms with Crippen molar-refractivity contribution < 1.29 is 22.3 Å². The van der Waals surface area contributed by atoms with E-state index >= 15 is 8.78 Å². The van der Waals surface area contributed by atoms with Crippen LogP contribution in [-0.4, -0.2) is 29.5 Å². The zero-order valence-electron chi connectivity index (χ0n) is 16.0. The van der Waals surface area contributed by atoms with Crippen molar-refractivity contribution in [3.8, 4) is 5.75 Å². The van der Waals surface area contributed by atoms with Crippen LogP contribution in [0.25, 0.3) is 0 Å². The summed E-state index contributed by atoms with van der Waals surface area (Å²) in [6.07, 6.45) is 2.09. The normalized spacial score (nSPS) is 13.1. The van der Waals surface area contributed by atoms with Crippen molar-refractivity contribution in [1.29, 1.82) is 0 Å². The van der Waals surface area contributed by atoms with Crippen LogP contribution in [-0.2, 0) is 5.92 Å². The van der Waals surface area contributed by atoms with Crippen LogP contribution in [0.3, 0.4) is 0 Å². The number of alkyl halides is 2. The maximum Gasteiger partial charge on any atom is 0.298 e. The topological polar surface area (TPSA) is 89.8 Å². The fourth-order valence-corrected chi connectivity index (χ4v) is 2.64. The maximum absolute atomic E-state index is 15.3. The van der Waals surface area contributed by atoms with E-state index in [1.807, 2.05) is 13.8 Å². The van der Waals surface area contributed by atoms with E-state index in [1.165, 1.54) is 12.3 Å². The van der Waals surface area contributed by atoms with E-state index in [1.54, 1.807) is 0 Å². The fourth-order valence-electron chi connectivity index (χ4n) is 2.64. The second-order valence-corrected chi connectivity index (χ2v) is 6.89. The third-order valence-corrected chi connectivity index (χ3v) is 4.05. The summed E-state index contributed by atoms with van der Waals surface area (Å²) < 4.78 is 63.6. The molecule has 0 saturated carbocycles. The molecule has 0 amide bonds. The van der Waals surface area contributed by atoms with Gasteiger partial charge in [-0.2, -0.15) is 13.9 Å². The Hall–Kier alpha value is -2.88. The number of hydrogen-bond donors (Lipinski definition) is 2. The van der Waals surface area contributed by atoms with Gasteiger partial charge in [-0.1, -0.05) is 19.9 Å². The molecule has 1 unspecified atom stereocenters. The smallest absolute Gasteiger partial charge is 0.298 e. The molecule has 0 bridgehead atoms. The zero-order chi connectivity index (χ0) is 21.6. The van der Waals surface area contributed by atoms with Crippen LogP contribution in [0.15, 0.2) is 41.6 Å². The highest BCUT2D eigenvalue weighted by Gasteiger charge is 2.45. The van der Waals surface area contributed by atoms with Gasteiger partial charge in [-0.05, 0) is 29.7 Å². The molecule has 2 aromatic rings. The first-order valence-corrected chi connectivity index (χ1v) is 8.82. The van der Waals surface area contributed by atoms with Crippen molar-refractivity contribution >= 4 is 6.34 Å². The Morgan fingerprint density at radius 2 is 1.97 bits per heavy atom. The van der Waals surface area contributed by atoms with Crippen molar-refractivity contribution in [2.75, 3.05) is 13.2 Å². The van der Waals surface area contributed by atoms with Gasteiger partial charge in [0.05, 0.1) is 18.7 Å². The molecule has 4 N–H and O–H groups in total. The highest BCUT2D eigenvalue weighted by Crippen LogP contribution is 2.42. The number of ether oxygens (including phenoxy) is 1. The first kappa shape index (κ1) is 22.4.